The van der Waals surface area contributed by atoms with Crippen molar-refractivity contribution in [3.8, 4) is 0 Å². The van der Waals surface area contributed by atoms with Crippen molar-refractivity contribution < 1.29 is 4.79 Å². The Hall–Kier alpha value is -1.85. The van der Waals surface area contributed by atoms with Crippen molar-refractivity contribution in [2.75, 3.05) is 13.1 Å². The minimum atomic E-state index is -0.302. The maximum absolute atomic E-state index is 13.6. The van der Waals surface area contributed by atoms with Gasteiger partial charge >= 0.3 is 0 Å². The van der Waals surface area contributed by atoms with Gasteiger partial charge in [0.1, 0.15) is 5.54 Å². The number of rotatable bonds is 4. The lowest BCUT2D eigenvalue weighted by atomic mass is 9.85. The Morgan fingerprint density at radius 3 is 2.96 bits per heavy atom. The Balaban J connectivity index is 1.40. The molecular formula is C22H27ClN4O. The lowest BCUT2D eigenvalue weighted by Gasteiger charge is -2.33. The summed E-state index contributed by atoms with van der Waals surface area (Å²) in [5.74, 6) is 0.711. The van der Waals surface area contributed by atoms with Crippen LogP contribution in [-0.4, -0.2) is 44.1 Å². The van der Waals surface area contributed by atoms with E-state index in [4.69, 9.17) is 11.6 Å². The first-order valence-electron chi connectivity index (χ1n) is 10.3. The zero-order valence-corrected chi connectivity index (χ0v) is 17.3. The lowest BCUT2D eigenvalue weighted by molar-refractivity contribution is -0.137. The summed E-state index contributed by atoms with van der Waals surface area (Å²) < 4.78 is 2.03. The summed E-state index contributed by atoms with van der Waals surface area (Å²) in [5, 5.41) is 5.28. The average Bonchev–Trinajstić information content (AvgIpc) is 3.39. The minimum Gasteiger partial charge on any atom is -0.336 e. The molecule has 148 valence electrons. The second-order valence-corrected chi connectivity index (χ2v) is 9.27. The number of carbonyl (C=O) groups excluding carboxylic acids is 1. The average molecular weight is 399 g/mol. The Kier molecular flexibility index (Phi) is 4.29. The zero-order chi connectivity index (χ0) is 19.5. The van der Waals surface area contributed by atoms with Crippen molar-refractivity contribution in [2.24, 2.45) is 5.92 Å². The molecule has 1 aromatic carbocycles. The van der Waals surface area contributed by atoms with E-state index in [1.54, 1.807) is 0 Å². The lowest BCUT2D eigenvalue weighted by Crippen LogP contribution is -2.49. The highest BCUT2D eigenvalue weighted by Gasteiger charge is 2.65. The Bertz CT molecular complexity index is 909. The highest BCUT2D eigenvalue weighted by Crippen LogP contribution is 2.56. The van der Waals surface area contributed by atoms with Crippen molar-refractivity contribution in [3.63, 3.8) is 0 Å². The molecule has 2 aromatic rings. The smallest absolute Gasteiger partial charge is 0.243 e. The fourth-order valence-electron chi connectivity index (χ4n) is 5.69. The molecule has 0 bridgehead atoms. The van der Waals surface area contributed by atoms with Crippen molar-refractivity contribution >= 4 is 17.5 Å². The molecular weight excluding hydrogens is 372 g/mol. The number of carbonyl (C=O) groups is 1. The summed E-state index contributed by atoms with van der Waals surface area (Å²) in [5.41, 5.74) is 2.07. The van der Waals surface area contributed by atoms with Gasteiger partial charge in [-0.25, -0.2) is 0 Å². The number of likely N-dealkylation sites (tertiary alicyclic amines) is 1. The summed E-state index contributed by atoms with van der Waals surface area (Å²) >= 11 is 6.14. The Morgan fingerprint density at radius 2 is 2.21 bits per heavy atom. The Morgan fingerprint density at radius 1 is 1.36 bits per heavy atom. The van der Waals surface area contributed by atoms with E-state index in [1.807, 2.05) is 29.1 Å². The van der Waals surface area contributed by atoms with Crippen LogP contribution in [0.1, 0.15) is 56.3 Å². The van der Waals surface area contributed by atoms with Crippen molar-refractivity contribution in [1.29, 1.82) is 0 Å². The first kappa shape index (κ1) is 18.2. The van der Waals surface area contributed by atoms with Crippen molar-refractivity contribution in [2.45, 2.75) is 57.3 Å². The van der Waals surface area contributed by atoms with Gasteiger partial charge in [-0.3, -0.25) is 14.4 Å². The molecule has 0 unspecified atom stereocenters. The van der Waals surface area contributed by atoms with Crippen LogP contribution in [-0.2, 0) is 11.3 Å². The predicted molar refractivity (Wildman–Crippen MR) is 109 cm³/mol. The van der Waals surface area contributed by atoms with E-state index in [0.717, 1.165) is 42.9 Å². The predicted octanol–water partition coefficient (Wildman–Crippen LogP) is 4.06. The second kappa shape index (κ2) is 6.60. The number of amides is 1. The van der Waals surface area contributed by atoms with E-state index in [0.29, 0.717) is 30.5 Å². The molecule has 5 nitrogen and oxygen atoms in total. The quantitative estimate of drug-likeness (QED) is 0.780. The second-order valence-electron chi connectivity index (χ2n) is 8.83. The summed E-state index contributed by atoms with van der Waals surface area (Å²) in [7, 11) is 0. The third-order valence-corrected chi connectivity index (χ3v) is 7.16. The standard InChI is InChI=1S/C22H27ClN4O/c1-15(2)27-13-17(11-24-27)20-10-18-14-25(12-16-5-3-6-19(23)9-16)21(28)22(18)7-4-8-26(20)22/h3,5-6,9,11,13,15,18,20H,4,7-8,10,12,14H2,1-2H3/t18-,20-,22-/m0/s1. The molecule has 6 heteroatoms. The number of benzene rings is 1. The van der Waals surface area contributed by atoms with Gasteiger partial charge in [-0.1, -0.05) is 23.7 Å². The first-order chi connectivity index (χ1) is 13.5. The van der Waals surface area contributed by atoms with Crippen LogP contribution in [0.3, 0.4) is 0 Å². The van der Waals surface area contributed by atoms with Gasteiger partial charge in [-0.05, 0) is 57.4 Å². The van der Waals surface area contributed by atoms with Crippen LogP contribution in [0, 0.1) is 5.92 Å². The zero-order valence-electron chi connectivity index (χ0n) is 16.5. The third-order valence-electron chi connectivity index (χ3n) is 6.92. The van der Waals surface area contributed by atoms with Gasteiger partial charge in [0.2, 0.25) is 5.91 Å². The van der Waals surface area contributed by atoms with Gasteiger partial charge in [0.15, 0.2) is 0 Å². The SMILES string of the molecule is CC(C)n1cc([C@@H]2C[C@H]3CN(Cc4cccc(Cl)c4)C(=O)[C@]34CCCN24)cn1. The fraction of sp³-hybridized carbons (Fsp3) is 0.545. The van der Waals surface area contributed by atoms with Crippen LogP contribution >= 0.6 is 11.6 Å². The largest absolute Gasteiger partial charge is 0.336 e. The van der Waals surface area contributed by atoms with Crippen LogP contribution in [0.5, 0.6) is 0 Å². The van der Waals surface area contributed by atoms with E-state index >= 15 is 0 Å². The van der Waals surface area contributed by atoms with Crippen molar-refractivity contribution in [1.82, 2.24) is 19.6 Å². The molecule has 5 rings (SSSR count). The minimum absolute atomic E-state index is 0.302. The van der Waals surface area contributed by atoms with Gasteiger partial charge in [-0.15, -0.1) is 0 Å². The molecule has 1 spiro atoms. The Labute approximate surface area is 171 Å². The third kappa shape index (κ3) is 2.63. The molecule has 3 fully saturated rings. The topological polar surface area (TPSA) is 41.4 Å². The number of aromatic nitrogens is 2. The molecule has 4 heterocycles. The summed E-state index contributed by atoms with van der Waals surface area (Å²) in [4.78, 5) is 18.2. The van der Waals surface area contributed by atoms with E-state index < -0.39 is 0 Å². The molecule has 3 aliphatic heterocycles. The number of nitrogens with zero attached hydrogens (tertiary/aromatic N) is 4. The molecule has 0 N–H and O–H groups in total. The monoisotopic (exact) mass is 398 g/mol. The van der Waals surface area contributed by atoms with Gasteiger partial charge in [-0.2, -0.15) is 5.10 Å². The van der Waals surface area contributed by atoms with Crippen LogP contribution in [0.4, 0.5) is 0 Å². The van der Waals surface area contributed by atoms with Crippen LogP contribution < -0.4 is 0 Å². The van der Waals surface area contributed by atoms with E-state index in [-0.39, 0.29) is 5.54 Å². The molecule has 3 atom stereocenters. The number of hydrogen-bond acceptors (Lipinski definition) is 3. The molecule has 28 heavy (non-hydrogen) atoms. The maximum atomic E-state index is 13.6. The molecule has 0 radical (unpaired) electrons. The van der Waals surface area contributed by atoms with Crippen molar-refractivity contribution in [3.05, 3.63) is 52.8 Å². The molecule has 3 aliphatic rings. The van der Waals surface area contributed by atoms with Gasteiger partial charge in [0, 0.05) is 47.9 Å². The van der Waals surface area contributed by atoms with E-state index in [2.05, 4.69) is 41.0 Å². The number of hydrogen-bond donors (Lipinski definition) is 0. The van der Waals surface area contributed by atoms with Gasteiger partial charge in [0.25, 0.3) is 0 Å². The van der Waals surface area contributed by atoms with Crippen LogP contribution in [0.25, 0.3) is 0 Å². The maximum Gasteiger partial charge on any atom is 0.243 e. The highest BCUT2D eigenvalue weighted by molar-refractivity contribution is 6.30. The van der Waals surface area contributed by atoms with Crippen LogP contribution in [0.2, 0.25) is 5.02 Å². The van der Waals surface area contributed by atoms with E-state index in [1.165, 1.54) is 5.56 Å². The normalized spacial score (nSPS) is 29.7. The molecule has 1 aromatic heterocycles. The molecule has 0 aliphatic carbocycles. The molecule has 3 saturated heterocycles. The van der Waals surface area contributed by atoms with Gasteiger partial charge in [0.05, 0.1) is 6.20 Å². The summed E-state index contributed by atoms with van der Waals surface area (Å²) in [6.07, 6.45) is 7.31. The van der Waals surface area contributed by atoms with Crippen LogP contribution in [0.15, 0.2) is 36.7 Å². The first-order valence-corrected chi connectivity index (χ1v) is 10.7. The summed E-state index contributed by atoms with van der Waals surface area (Å²) in [6, 6.07) is 8.54. The van der Waals surface area contributed by atoms with Gasteiger partial charge < -0.3 is 4.90 Å². The number of halogens is 1. The highest BCUT2D eigenvalue weighted by atomic mass is 35.5. The fourth-order valence-corrected chi connectivity index (χ4v) is 5.91. The molecule has 0 saturated carbocycles. The molecule has 1 amide bonds. The summed E-state index contributed by atoms with van der Waals surface area (Å²) in [6.45, 7) is 6.80. The van der Waals surface area contributed by atoms with E-state index in [9.17, 15) is 4.79 Å².